The van der Waals surface area contributed by atoms with E-state index in [1.807, 2.05) is 12.1 Å². The number of hydrogen-bond donors (Lipinski definition) is 0. The molecule has 0 saturated heterocycles. The first-order valence-electron chi connectivity index (χ1n) is 7.78. The summed E-state index contributed by atoms with van der Waals surface area (Å²) in [6.45, 7) is 4.13. The number of carbonyl (C=O) groups is 1. The number of ether oxygens (including phenoxy) is 2. The van der Waals surface area contributed by atoms with Crippen LogP contribution in [0.1, 0.15) is 26.2 Å². The number of aromatic nitrogens is 1. The van der Waals surface area contributed by atoms with E-state index in [1.54, 1.807) is 11.3 Å². The lowest BCUT2D eigenvalue weighted by Crippen LogP contribution is -2.18. The smallest absolute Gasteiger partial charge is 0.251 e. The van der Waals surface area contributed by atoms with Crippen molar-refractivity contribution < 1.29 is 14.3 Å². The van der Waals surface area contributed by atoms with Crippen LogP contribution in [0.5, 0.6) is 11.5 Å². The van der Waals surface area contributed by atoms with E-state index in [9.17, 15) is 4.79 Å². The van der Waals surface area contributed by atoms with Crippen molar-refractivity contribution in [3.05, 3.63) is 16.9 Å². The fourth-order valence-corrected chi connectivity index (χ4v) is 3.72. The predicted octanol–water partition coefficient (Wildman–Crippen LogP) is 2.72. The van der Waals surface area contributed by atoms with Crippen molar-refractivity contribution in [3.8, 4) is 11.5 Å². The third kappa shape index (κ3) is 2.41. The van der Waals surface area contributed by atoms with Crippen molar-refractivity contribution in [2.45, 2.75) is 32.7 Å². The summed E-state index contributed by atoms with van der Waals surface area (Å²) in [6.07, 6.45) is 2.96. The van der Waals surface area contributed by atoms with Crippen molar-refractivity contribution in [2.75, 3.05) is 13.2 Å². The molecule has 1 aromatic carbocycles. The van der Waals surface area contributed by atoms with Gasteiger partial charge in [-0.2, -0.15) is 4.99 Å². The molecule has 1 amide bonds. The maximum Gasteiger partial charge on any atom is 0.251 e. The second-order valence-corrected chi connectivity index (χ2v) is 6.73. The molecule has 116 valence electrons. The SMILES string of the molecule is CCCn1c(=NC(=O)C2CC2)sc2cc3c(cc21)OCCO3. The molecule has 0 atom stereocenters. The summed E-state index contributed by atoms with van der Waals surface area (Å²) in [6, 6.07) is 4.01. The van der Waals surface area contributed by atoms with Crippen LogP contribution >= 0.6 is 11.3 Å². The molecule has 2 aromatic rings. The van der Waals surface area contributed by atoms with E-state index in [0.29, 0.717) is 13.2 Å². The average Bonchev–Trinajstić information content (AvgIpc) is 3.32. The average molecular weight is 318 g/mol. The summed E-state index contributed by atoms with van der Waals surface area (Å²) in [4.78, 5) is 17.2. The molecule has 4 rings (SSSR count). The standard InChI is InChI=1S/C16H18N2O3S/c1-2-5-18-11-8-12-13(21-7-6-20-12)9-14(11)22-16(18)17-15(19)10-3-4-10/h8-10H,2-7H2,1H3. The normalized spacial score (nSPS) is 18.0. The molecule has 1 aliphatic heterocycles. The highest BCUT2D eigenvalue weighted by Gasteiger charge is 2.29. The van der Waals surface area contributed by atoms with Gasteiger partial charge in [0.25, 0.3) is 5.91 Å². The van der Waals surface area contributed by atoms with Crippen LogP contribution in [0.4, 0.5) is 0 Å². The first kappa shape index (κ1) is 13.8. The monoisotopic (exact) mass is 318 g/mol. The Morgan fingerprint density at radius 3 is 2.73 bits per heavy atom. The number of aryl methyl sites for hydroxylation is 1. The van der Waals surface area contributed by atoms with Crippen molar-refractivity contribution in [3.63, 3.8) is 0 Å². The largest absolute Gasteiger partial charge is 0.486 e. The molecule has 0 N–H and O–H groups in total. The number of nitrogens with zero attached hydrogens (tertiary/aromatic N) is 2. The van der Waals surface area contributed by atoms with Crippen LogP contribution in [0.3, 0.4) is 0 Å². The highest BCUT2D eigenvalue weighted by molar-refractivity contribution is 7.16. The van der Waals surface area contributed by atoms with E-state index >= 15 is 0 Å². The quantitative estimate of drug-likeness (QED) is 0.874. The number of fused-ring (bicyclic) bond motifs is 2. The number of amides is 1. The maximum atomic E-state index is 12.0. The minimum atomic E-state index is 0.0219. The van der Waals surface area contributed by atoms with Crippen LogP contribution in [-0.4, -0.2) is 23.7 Å². The zero-order chi connectivity index (χ0) is 15.1. The van der Waals surface area contributed by atoms with Crippen molar-refractivity contribution in [1.82, 2.24) is 4.57 Å². The van der Waals surface area contributed by atoms with Crippen molar-refractivity contribution in [1.29, 1.82) is 0 Å². The zero-order valence-electron chi connectivity index (χ0n) is 12.5. The van der Waals surface area contributed by atoms with Gasteiger partial charge in [0.05, 0.1) is 10.2 Å². The van der Waals surface area contributed by atoms with E-state index in [0.717, 1.165) is 52.3 Å². The summed E-state index contributed by atoms with van der Waals surface area (Å²) < 4.78 is 14.5. The minimum absolute atomic E-state index is 0.0219. The molecule has 1 aliphatic carbocycles. The van der Waals surface area contributed by atoms with Gasteiger partial charge in [-0.1, -0.05) is 18.3 Å². The summed E-state index contributed by atoms with van der Waals surface area (Å²) in [5.41, 5.74) is 1.07. The molecule has 5 nitrogen and oxygen atoms in total. The Hall–Kier alpha value is -1.82. The van der Waals surface area contributed by atoms with E-state index in [1.165, 1.54) is 0 Å². The molecule has 1 aromatic heterocycles. The number of rotatable bonds is 3. The van der Waals surface area contributed by atoms with Crippen LogP contribution < -0.4 is 14.3 Å². The van der Waals surface area contributed by atoms with Gasteiger partial charge < -0.3 is 14.0 Å². The second-order valence-electron chi connectivity index (χ2n) is 5.72. The predicted molar refractivity (Wildman–Crippen MR) is 84.4 cm³/mol. The molecule has 0 radical (unpaired) electrons. The molecule has 0 spiro atoms. The van der Waals surface area contributed by atoms with Gasteiger partial charge in [-0.05, 0) is 19.3 Å². The Bertz CT molecular complexity index is 802. The first-order chi connectivity index (χ1) is 10.8. The van der Waals surface area contributed by atoms with Crippen molar-refractivity contribution in [2.24, 2.45) is 10.9 Å². The van der Waals surface area contributed by atoms with E-state index in [-0.39, 0.29) is 11.8 Å². The number of carbonyl (C=O) groups excluding carboxylic acids is 1. The summed E-state index contributed by atoms with van der Waals surface area (Å²) in [7, 11) is 0. The second kappa shape index (κ2) is 5.43. The number of thiazole rings is 1. The first-order valence-corrected chi connectivity index (χ1v) is 8.59. The Balaban J connectivity index is 1.88. The van der Waals surface area contributed by atoms with E-state index in [2.05, 4.69) is 16.5 Å². The van der Waals surface area contributed by atoms with Crippen LogP contribution in [0.25, 0.3) is 10.2 Å². The Labute approximate surface area is 132 Å². The molecular formula is C16H18N2O3S. The fraction of sp³-hybridized carbons (Fsp3) is 0.500. The van der Waals surface area contributed by atoms with Crippen molar-refractivity contribution >= 4 is 27.5 Å². The van der Waals surface area contributed by atoms with Gasteiger partial charge in [0.1, 0.15) is 13.2 Å². The molecule has 0 bridgehead atoms. The molecular weight excluding hydrogens is 300 g/mol. The highest BCUT2D eigenvalue weighted by Crippen LogP contribution is 2.36. The van der Waals surface area contributed by atoms with Gasteiger partial charge in [0, 0.05) is 24.6 Å². The summed E-state index contributed by atoms with van der Waals surface area (Å²) >= 11 is 1.55. The van der Waals surface area contributed by atoms with Gasteiger partial charge in [-0.3, -0.25) is 4.79 Å². The number of benzene rings is 1. The lowest BCUT2D eigenvalue weighted by molar-refractivity contribution is -0.119. The third-order valence-electron chi connectivity index (χ3n) is 3.93. The molecule has 6 heteroatoms. The van der Waals surface area contributed by atoms with Crippen LogP contribution in [-0.2, 0) is 11.3 Å². The van der Waals surface area contributed by atoms with E-state index in [4.69, 9.17) is 9.47 Å². The fourth-order valence-electron chi connectivity index (χ4n) is 2.65. The van der Waals surface area contributed by atoms with Gasteiger partial charge in [0.15, 0.2) is 16.3 Å². The van der Waals surface area contributed by atoms with Gasteiger partial charge >= 0.3 is 0 Å². The Kier molecular flexibility index (Phi) is 3.41. The Morgan fingerprint density at radius 1 is 1.32 bits per heavy atom. The molecule has 0 unspecified atom stereocenters. The molecule has 2 heterocycles. The molecule has 2 aliphatic rings. The maximum absolute atomic E-state index is 12.0. The highest BCUT2D eigenvalue weighted by atomic mass is 32.1. The van der Waals surface area contributed by atoms with Gasteiger partial charge in [0.2, 0.25) is 0 Å². The van der Waals surface area contributed by atoms with Crippen LogP contribution in [0.15, 0.2) is 17.1 Å². The topological polar surface area (TPSA) is 52.8 Å². The molecule has 22 heavy (non-hydrogen) atoms. The van der Waals surface area contributed by atoms with E-state index < -0.39 is 0 Å². The third-order valence-corrected chi connectivity index (χ3v) is 4.97. The summed E-state index contributed by atoms with van der Waals surface area (Å²) in [5.74, 6) is 1.74. The van der Waals surface area contributed by atoms with Crippen LogP contribution in [0, 0.1) is 5.92 Å². The lowest BCUT2D eigenvalue weighted by Gasteiger charge is -2.18. The minimum Gasteiger partial charge on any atom is -0.486 e. The summed E-state index contributed by atoms with van der Waals surface area (Å²) in [5, 5.41) is 0. The number of hydrogen-bond acceptors (Lipinski definition) is 4. The molecule has 1 saturated carbocycles. The Morgan fingerprint density at radius 2 is 2.05 bits per heavy atom. The zero-order valence-corrected chi connectivity index (χ0v) is 13.3. The molecule has 1 fully saturated rings. The van der Waals surface area contributed by atoms with Gasteiger partial charge in [-0.25, -0.2) is 0 Å². The van der Waals surface area contributed by atoms with Crippen LogP contribution in [0.2, 0.25) is 0 Å². The van der Waals surface area contributed by atoms with Gasteiger partial charge in [-0.15, -0.1) is 0 Å². The lowest BCUT2D eigenvalue weighted by atomic mass is 10.2.